The van der Waals surface area contributed by atoms with Crippen molar-refractivity contribution in [3.05, 3.63) is 194 Å². The van der Waals surface area contributed by atoms with Crippen molar-refractivity contribution in [2.75, 3.05) is 0 Å². The molecule has 10 aromatic rings. The Morgan fingerprint density at radius 1 is 0.333 bits per heavy atom. The van der Waals surface area contributed by atoms with Crippen LogP contribution in [-0.2, 0) is 0 Å². The molecular weight excluding hydrogens is 729 g/mol. The van der Waals surface area contributed by atoms with Gasteiger partial charge in [-0.25, -0.2) is 0 Å². The number of nitrogens with zero attached hydrogens (tertiary/aromatic N) is 4. The Labute approximate surface area is 351 Å². The Kier molecular flexibility index (Phi) is 9.54. The zero-order valence-corrected chi connectivity index (χ0v) is 34.3. The molecule has 4 heteroatoms. The van der Waals surface area contributed by atoms with Gasteiger partial charge in [-0.3, -0.25) is 19.9 Å². The molecule has 0 saturated heterocycles. The third kappa shape index (κ3) is 6.70. The Morgan fingerprint density at radius 3 is 1.10 bits per heavy atom. The summed E-state index contributed by atoms with van der Waals surface area (Å²) in [5, 5.41) is 4.44. The minimum absolute atomic E-state index is 0.198. The van der Waals surface area contributed by atoms with E-state index in [0.29, 0.717) is 0 Å². The van der Waals surface area contributed by atoms with Crippen molar-refractivity contribution in [3.8, 4) is 66.8 Å². The Hall–Kier alpha value is -7.30. The number of benzene rings is 6. The summed E-state index contributed by atoms with van der Waals surface area (Å²) in [7, 11) is 0. The molecule has 10 rings (SSSR count). The zero-order valence-electron chi connectivity index (χ0n) is 34.3. The number of aromatic nitrogens is 4. The molecule has 4 nitrogen and oxygen atoms in total. The van der Waals surface area contributed by atoms with E-state index in [1.807, 2.05) is 36.9 Å². The maximum Gasteiger partial charge on any atom is 0.0797 e. The van der Waals surface area contributed by atoms with Crippen LogP contribution in [0.1, 0.15) is 50.9 Å². The van der Waals surface area contributed by atoms with Crippen molar-refractivity contribution in [3.63, 3.8) is 0 Å². The van der Waals surface area contributed by atoms with E-state index in [9.17, 15) is 0 Å². The van der Waals surface area contributed by atoms with Gasteiger partial charge < -0.3 is 0 Å². The van der Waals surface area contributed by atoms with Crippen molar-refractivity contribution >= 4 is 32.6 Å². The molecule has 4 aromatic heterocycles. The second kappa shape index (κ2) is 15.5. The minimum atomic E-state index is 0.198. The van der Waals surface area contributed by atoms with Gasteiger partial charge in [0.2, 0.25) is 0 Å². The predicted molar refractivity (Wildman–Crippen MR) is 251 cm³/mol. The highest BCUT2D eigenvalue weighted by Crippen LogP contribution is 2.48. The lowest BCUT2D eigenvalue weighted by atomic mass is 9.84. The van der Waals surface area contributed by atoms with Crippen LogP contribution in [0.4, 0.5) is 0 Å². The van der Waals surface area contributed by atoms with Crippen LogP contribution in [0.15, 0.2) is 183 Å². The highest BCUT2D eigenvalue weighted by molar-refractivity contribution is 6.28. The number of fused-ring (bicyclic) bond motifs is 5. The molecule has 0 aliphatic carbocycles. The Bertz CT molecular complexity index is 2960. The van der Waals surface area contributed by atoms with Crippen molar-refractivity contribution in [1.29, 1.82) is 0 Å². The highest BCUT2D eigenvalue weighted by atomic mass is 14.7. The smallest absolute Gasteiger partial charge is 0.0797 e. The van der Waals surface area contributed by atoms with Gasteiger partial charge >= 0.3 is 0 Å². The summed E-state index contributed by atoms with van der Waals surface area (Å²) < 4.78 is 0. The van der Waals surface area contributed by atoms with Crippen molar-refractivity contribution < 1.29 is 0 Å². The molecule has 0 saturated carbocycles. The molecule has 0 spiro atoms. The van der Waals surface area contributed by atoms with Crippen molar-refractivity contribution in [2.45, 2.75) is 39.5 Å². The quantitative estimate of drug-likeness (QED) is 0.144. The maximum atomic E-state index is 5.64. The van der Waals surface area contributed by atoms with Crippen LogP contribution in [0, 0.1) is 0 Å². The molecule has 288 valence electrons. The van der Waals surface area contributed by atoms with Gasteiger partial charge in [-0.05, 0) is 116 Å². The van der Waals surface area contributed by atoms with Gasteiger partial charge in [0.25, 0.3) is 0 Å². The topological polar surface area (TPSA) is 51.6 Å². The van der Waals surface area contributed by atoms with Gasteiger partial charge in [0.05, 0.1) is 11.0 Å². The standard InChI is InChI=1S/C56H44N4/c1-35(2)51-31-45(41-21-11-19-39(27-41)43-23-13-25-57-33-43)49-29-48(38-17-9-6-10-18-38)54-53(55(49)59-51)47(37-15-7-5-8-16-37)30-50-46(32-52(36(3)4)60-56(50)54)42-22-12-20-40(28-42)44-24-14-26-58-34-44/h5-36H,1-4H3. The molecule has 0 unspecified atom stereocenters. The maximum absolute atomic E-state index is 5.64. The van der Waals surface area contributed by atoms with E-state index in [1.54, 1.807) is 0 Å². The second-order valence-electron chi connectivity index (χ2n) is 16.3. The van der Waals surface area contributed by atoms with Crippen LogP contribution in [0.2, 0.25) is 0 Å². The van der Waals surface area contributed by atoms with Gasteiger partial charge in [-0.2, -0.15) is 0 Å². The fourth-order valence-corrected chi connectivity index (χ4v) is 8.58. The minimum Gasteiger partial charge on any atom is -0.264 e. The number of hydrogen-bond acceptors (Lipinski definition) is 4. The lowest BCUT2D eigenvalue weighted by molar-refractivity contribution is 0.830. The molecule has 0 radical (unpaired) electrons. The van der Waals surface area contributed by atoms with Crippen LogP contribution in [0.5, 0.6) is 0 Å². The van der Waals surface area contributed by atoms with E-state index in [4.69, 9.17) is 9.97 Å². The first-order chi connectivity index (χ1) is 29.4. The van der Waals surface area contributed by atoms with Gasteiger partial charge in [-0.1, -0.05) is 137 Å². The van der Waals surface area contributed by atoms with Gasteiger partial charge in [-0.15, -0.1) is 0 Å². The fraction of sp³-hybridized carbons (Fsp3) is 0.107. The summed E-state index contributed by atoms with van der Waals surface area (Å²) in [6.45, 7) is 8.95. The number of rotatable bonds is 8. The Morgan fingerprint density at radius 2 is 0.717 bits per heavy atom. The van der Waals surface area contributed by atoms with Crippen LogP contribution >= 0.6 is 0 Å². The summed E-state index contributed by atoms with van der Waals surface area (Å²) in [5.41, 5.74) is 17.6. The van der Waals surface area contributed by atoms with Crippen LogP contribution < -0.4 is 0 Å². The molecule has 6 aromatic carbocycles. The fourth-order valence-electron chi connectivity index (χ4n) is 8.58. The summed E-state index contributed by atoms with van der Waals surface area (Å²) in [6, 6.07) is 56.9. The van der Waals surface area contributed by atoms with E-state index in [-0.39, 0.29) is 11.8 Å². The largest absolute Gasteiger partial charge is 0.264 e. The van der Waals surface area contributed by atoms with Crippen molar-refractivity contribution in [1.82, 2.24) is 19.9 Å². The Balaban J connectivity index is 1.39. The molecular formula is C56H44N4. The van der Waals surface area contributed by atoms with Gasteiger partial charge in [0, 0.05) is 68.8 Å². The third-order valence-corrected chi connectivity index (χ3v) is 11.7. The molecule has 0 aliphatic rings. The summed E-state index contributed by atoms with van der Waals surface area (Å²) in [5.74, 6) is 0.395. The molecule has 0 fully saturated rings. The SMILES string of the molecule is CC(C)c1cc(-c2cccc(-c3cccnc3)c2)c2cc(-c3ccccc3)c3c4nc(C(C)C)cc(-c5cccc(-c6cccnc6)c5)c4cc(-c4ccccc4)c3c2n1. The zero-order chi connectivity index (χ0) is 40.7. The first kappa shape index (κ1) is 37.0. The molecule has 0 atom stereocenters. The average Bonchev–Trinajstić information content (AvgIpc) is 3.31. The molecule has 0 amide bonds. The second-order valence-corrected chi connectivity index (χ2v) is 16.3. The normalized spacial score (nSPS) is 11.6. The molecule has 60 heavy (non-hydrogen) atoms. The molecule has 0 bridgehead atoms. The van der Waals surface area contributed by atoms with E-state index in [1.165, 1.54) is 0 Å². The monoisotopic (exact) mass is 772 g/mol. The highest BCUT2D eigenvalue weighted by Gasteiger charge is 2.24. The lowest BCUT2D eigenvalue weighted by Gasteiger charge is -2.22. The van der Waals surface area contributed by atoms with Crippen LogP contribution in [-0.4, -0.2) is 19.9 Å². The van der Waals surface area contributed by atoms with Crippen LogP contribution in [0.25, 0.3) is 99.3 Å². The summed E-state index contributed by atoms with van der Waals surface area (Å²) in [4.78, 5) is 20.1. The van der Waals surface area contributed by atoms with E-state index >= 15 is 0 Å². The van der Waals surface area contributed by atoms with Gasteiger partial charge in [0.1, 0.15) is 0 Å². The summed E-state index contributed by atoms with van der Waals surface area (Å²) in [6.07, 6.45) is 7.52. The molecule has 0 N–H and O–H groups in total. The third-order valence-electron chi connectivity index (χ3n) is 11.7. The van der Waals surface area contributed by atoms with Crippen LogP contribution in [0.3, 0.4) is 0 Å². The lowest BCUT2D eigenvalue weighted by Crippen LogP contribution is -2.01. The van der Waals surface area contributed by atoms with E-state index in [0.717, 1.165) is 111 Å². The molecule has 4 heterocycles. The summed E-state index contributed by atoms with van der Waals surface area (Å²) >= 11 is 0. The average molecular weight is 773 g/mol. The van der Waals surface area contributed by atoms with E-state index < -0.39 is 0 Å². The first-order valence-corrected chi connectivity index (χ1v) is 20.8. The van der Waals surface area contributed by atoms with Gasteiger partial charge in [0.15, 0.2) is 0 Å². The first-order valence-electron chi connectivity index (χ1n) is 20.8. The predicted octanol–water partition coefficient (Wildman–Crippen LogP) is 15.0. The van der Waals surface area contributed by atoms with Crippen molar-refractivity contribution in [2.24, 2.45) is 0 Å². The number of pyridine rings is 4. The van der Waals surface area contributed by atoms with E-state index in [2.05, 4.69) is 183 Å². The molecule has 0 aliphatic heterocycles. The number of hydrogen-bond donors (Lipinski definition) is 0.